The quantitative estimate of drug-likeness (QED) is 0.325. The summed E-state index contributed by atoms with van der Waals surface area (Å²) >= 11 is 0. The normalized spacial score (nSPS) is 11.2. The van der Waals surface area contributed by atoms with Crippen LogP contribution in [0.4, 0.5) is 11.4 Å². The van der Waals surface area contributed by atoms with E-state index in [1.807, 2.05) is 6.07 Å². The number of sulfonamides is 1. The zero-order chi connectivity index (χ0) is 24.4. The van der Waals surface area contributed by atoms with Crippen LogP contribution in [0.1, 0.15) is 16.1 Å². The molecule has 0 aliphatic rings. The van der Waals surface area contributed by atoms with Gasteiger partial charge in [0.05, 0.1) is 33.3 Å². The number of nitrogens with zero attached hydrogens (tertiary/aromatic N) is 5. The summed E-state index contributed by atoms with van der Waals surface area (Å²) in [4.78, 5) is 13.1. The van der Waals surface area contributed by atoms with Crippen LogP contribution in [0.2, 0.25) is 0 Å². The van der Waals surface area contributed by atoms with Gasteiger partial charge in [-0.3, -0.25) is 9.52 Å². The second kappa shape index (κ2) is 8.69. The number of carbonyl (C=O) groups is 1. The zero-order valence-corrected chi connectivity index (χ0v) is 18.4. The van der Waals surface area contributed by atoms with Crippen LogP contribution in [0, 0.1) is 11.3 Å². The number of aromatic amines is 1. The number of H-pyrrole nitrogens is 1. The van der Waals surface area contributed by atoms with Crippen molar-refractivity contribution in [2.75, 3.05) is 10.0 Å². The van der Waals surface area contributed by atoms with Crippen molar-refractivity contribution in [1.29, 1.82) is 5.26 Å². The van der Waals surface area contributed by atoms with Crippen molar-refractivity contribution in [2.24, 2.45) is 0 Å². The Balaban J connectivity index is 1.42. The molecule has 0 unspecified atom stereocenters. The molecule has 0 spiro atoms. The highest BCUT2D eigenvalue weighted by Crippen LogP contribution is 2.28. The molecule has 3 aromatic carbocycles. The van der Waals surface area contributed by atoms with Crippen molar-refractivity contribution in [1.82, 2.24) is 25.8 Å². The van der Waals surface area contributed by atoms with Gasteiger partial charge in [0, 0.05) is 11.6 Å². The lowest BCUT2D eigenvalue weighted by molar-refractivity contribution is 0.102. The molecule has 0 fully saturated rings. The molecule has 0 aliphatic heterocycles. The number of hydrogen-bond donors (Lipinski definition) is 3. The van der Waals surface area contributed by atoms with Gasteiger partial charge >= 0.3 is 0 Å². The third kappa shape index (κ3) is 4.28. The summed E-state index contributed by atoms with van der Waals surface area (Å²) in [5.41, 5.74) is 1.55. The number of hydrogen-bond acceptors (Lipinski definition) is 9. The van der Waals surface area contributed by atoms with Crippen LogP contribution >= 0.6 is 0 Å². The molecule has 172 valence electrons. The summed E-state index contributed by atoms with van der Waals surface area (Å²) in [5.74, 6) is -0.322. The van der Waals surface area contributed by atoms with Crippen LogP contribution < -0.4 is 10.0 Å². The number of rotatable bonds is 6. The number of benzene rings is 3. The summed E-state index contributed by atoms with van der Waals surface area (Å²) in [7, 11) is -3.80. The molecule has 2 aromatic heterocycles. The number of amides is 1. The van der Waals surface area contributed by atoms with E-state index in [2.05, 4.69) is 35.8 Å². The molecule has 12 nitrogen and oxygen atoms in total. The van der Waals surface area contributed by atoms with E-state index >= 15 is 0 Å². The van der Waals surface area contributed by atoms with Gasteiger partial charge in [-0.2, -0.15) is 5.26 Å². The second-order valence-corrected chi connectivity index (χ2v) is 8.92. The number of fused-ring (bicyclic) bond motifs is 1. The third-order valence-electron chi connectivity index (χ3n) is 4.99. The average molecular weight is 486 g/mol. The Bertz CT molecular complexity index is 1690. The molecule has 13 heteroatoms. The van der Waals surface area contributed by atoms with E-state index in [0.717, 1.165) is 0 Å². The van der Waals surface area contributed by atoms with E-state index in [4.69, 9.17) is 4.52 Å². The lowest BCUT2D eigenvalue weighted by Crippen LogP contribution is -2.14. The highest BCUT2D eigenvalue weighted by Gasteiger charge is 2.20. The summed E-state index contributed by atoms with van der Waals surface area (Å²) < 4.78 is 32.9. The average Bonchev–Trinajstić information content (AvgIpc) is 3.55. The predicted octanol–water partition coefficient (Wildman–Crippen LogP) is 2.93. The Morgan fingerprint density at radius 2 is 1.89 bits per heavy atom. The van der Waals surface area contributed by atoms with Crippen LogP contribution in [0.15, 0.2) is 76.1 Å². The molecular formula is C22H14N8O4S. The monoisotopic (exact) mass is 486 g/mol. The molecule has 1 amide bonds. The molecule has 35 heavy (non-hydrogen) atoms. The standard InChI is InChI=1S/C22H14N8O4S/c23-12-13-6-9-18(17(10-13)21-25-29-30-26-21)24-22(31)20-16-8-7-14(11-19(16)34-27-20)28-35(32,33)15-4-2-1-3-5-15/h1-11,28H,(H,24,31)(H,25,26,29,30). The van der Waals surface area contributed by atoms with Crippen molar-refractivity contribution in [3.63, 3.8) is 0 Å². The van der Waals surface area contributed by atoms with Gasteiger partial charge in [0.1, 0.15) is 0 Å². The smallest absolute Gasteiger partial charge is 0.278 e. The van der Waals surface area contributed by atoms with Crippen molar-refractivity contribution in [2.45, 2.75) is 4.90 Å². The van der Waals surface area contributed by atoms with E-state index in [1.54, 1.807) is 24.3 Å². The van der Waals surface area contributed by atoms with Gasteiger partial charge in [-0.1, -0.05) is 23.4 Å². The topological polar surface area (TPSA) is 180 Å². The summed E-state index contributed by atoms with van der Waals surface area (Å²) in [6.07, 6.45) is 0. The van der Waals surface area contributed by atoms with Gasteiger partial charge in [0.15, 0.2) is 17.1 Å². The Morgan fingerprint density at radius 1 is 1.06 bits per heavy atom. The molecule has 5 aromatic rings. The number of nitriles is 1. The minimum Gasteiger partial charge on any atom is -0.355 e. The maximum atomic E-state index is 13.0. The first-order valence-corrected chi connectivity index (χ1v) is 11.5. The van der Waals surface area contributed by atoms with Crippen LogP contribution in [-0.2, 0) is 10.0 Å². The Hall–Kier alpha value is -5.09. The molecule has 3 N–H and O–H groups in total. The van der Waals surface area contributed by atoms with Crippen molar-refractivity contribution in [3.8, 4) is 17.5 Å². The fourth-order valence-electron chi connectivity index (χ4n) is 3.35. The lowest BCUT2D eigenvalue weighted by Gasteiger charge is -2.09. The first-order valence-electron chi connectivity index (χ1n) is 10.0. The first-order chi connectivity index (χ1) is 16.9. The minimum atomic E-state index is -3.80. The molecule has 0 bridgehead atoms. The van der Waals surface area contributed by atoms with Crippen molar-refractivity contribution < 1.29 is 17.7 Å². The van der Waals surface area contributed by atoms with Gasteiger partial charge in [-0.05, 0) is 52.9 Å². The van der Waals surface area contributed by atoms with Crippen LogP contribution in [0.5, 0.6) is 0 Å². The minimum absolute atomic E-state index is 0.0107. The zero-order valence-electron chi connectivity index (χ0n) is 17.6. The van der Waals surface area contributed by atoms with Crippen molar-refractivity contribution >= 4 is 38.3 Å². The third-order valence-corrected chi connectivity index (χ3v) is 6.39. The van der Waals surface area contributed by atoms with Gasteiger partial charge in [0.2, 0.25) is 0 Å². The SMILES string of the molecule is N#Cc1ccc(NC(=O)c2noc3cc(NS(=O)(=O)c4ccccc4)ccc23)c(-c2nnn[nH]2)c1. The van der Waals surface area contributed by atoms with E-state index in [1.165, 1.54) is 42.5 Å². The fourth-order valence-corrected chi connectivity index (χ4v) is 4.42. The highest BCUT2D eigenvalue weighted by molar-refractivity contribution is 7.92. The van der Waals surface area contributed by atoms with Gasteiger partial charge in [0.25, 0.3) is 15.9 Å². The van der Waals surface area contributed by atoms with Gasteiger partial charge in [-0.25, -0.2) is 13.5 Å². The molecule has 2 heterocycles. The fraction of sp³-hybridized carbons (Fsp3) is 0. The van der Waals surface area contributed by atoms with E-state index < -0.39 is 15.9 Å². The Morgan fingerprint density at radius 3 is 2.63 bits per heavy atom. The van der Waals surface area contributed by atoms with Gasteiger partial charge in [-0.15, -0.1) is 5.10 Å². The molecule has 0 saturated heterocycles. The summed E-state index contributed by atoms with van der Waals surface area (Å²) in [5, 5.41) is 29.6. The Labute approximate surface area is 197 Å². The molecule has 0 aliphatic carbocycles. The lowest BCUT2D eigenvalue weighted by atomic mass is 10.1. The van der Waals surface area contributed by atoms with Gasteiger partial charge < -0.3 is 9.84 Å². The number of anilines is 2. The number of tetrazole rings is 1. The first kappa shape index (κ1) is 21.7. The maximum absolute atomic E-state index is 13.0. The summed E-state index contributed by atoms with van der Waals surface area (Å²) in [6, 6.07) is 19.0. The van der Waals surface area contributed by atoms with E-state index in [0.29, 0.717) is 22.2 Å². The molecule has 5 rings (SSSR count). The Kier molecular flexibility index (Phi) is 5.40. The largest absolute Gasteiger partial charge is 0.355 e. The molecule has 0 atom stereocenters. The van der Waals surface area contributed by atoms with Crippen LogP contribution in [0.3, 0.4) is 0 Å². The predicted molar refractivity (Wildman–Crippen MR) is 124 cm³/mol. The van der Waals surface area contributed by atoms with E-state index in [-0.39, 0.29) is 27.7 Å². The molecular weight excluding hydrogens is 472 g/mol. The number of aromatic nitrogens is 5. The number of nitrogens with one attached hydrogen (secondary N) is 3. The van der Waals surface area contributed by atoms with Crippen LogP contribution in [-0.4, -0.2) is 40.1 Å². The summed E-state index contributed by atoms with van der Waals surface area (Å²) in [6.45, 7) is 0. The van der Waals surface area contributed by atoms with E-state index in [9.17, 15) is 18.5 Å². The maximum Gasteiger partial charge on any atom is 0.278 e. The van der Waals surface area contributed by atoms with Crippen LogP contribution in [0.25, 0.3) is 22.4 Å². The molecule has 0 saturated carbocycles. The van der Waals surface area contributed by atoms with Crippen molar-refractivity contribution in [3.05, 3.63) is 78.0 Å². The second-order valence-electron chi connectivity index (χ2n) is 7.24. The highest BCUT2D eigenvalue weighted by atomic mass is 32.2. The number of carbonyl (C=O) groups excluding carboxylic acids is 1. The molecule has 0 radical (unpaired) electrons.